The van der Waals surface area contributed by atoms with Crippen LogP contribution in [0.4, 0.5) is 31.4 Å². The minimum absolute atomic E-state index is 0.0220. The quantitative estimate of drug-likeness (QED) is 0.0102. The molecule has 602 valence electrons. The van der Waals surface area contributed by atoms with Crippen LogP contribution in [0.1, 0.15) is 98.4 Å². The van der Waals surface area contributed by atoms with Crippen molar-refractivity contribution in [1.29, 1.82) is 0 Å². The average molecular weight is 1660 g/mol. The Labute approximate surface area is 655 Å². The van der Waals surface area contributed by atoms with Gasteiger partial charge in [0, 0.05) is 142 Å². The molecular weight excluding hydrogens is 1560 g/mol. The molecule has 5 aromatic rings. The molecule has 4 heterocycles. The van der Waals surface area contributed by atoms with E-state index in [1.807, 2.05) is 13.8 Å². The molecule has 36 heteroatoms. The zero-order chi connectivity index (χ0) is 79.2. The van der Waals surface area contributed by atoms with E-state index in [9.17, 15) is 52.7 Å². The summed E-state index contributed by atoms with van der Waals surface area (Å²) in [7, 11) is -1.96. The maximum atomic E-state index is 15.2. The number of fused-ring (bicyclic) bond motifs is 6. The molecule has 3 aromatic carbocycles. The molecule has 0 bridgehead atoms. The van der Waals surface area contributed by atoms with Gasteiger partial charge in [0.25, 0.3) is 0 Å². The van der Waals surface area contributed by atoms with Crippen molar-refractivity contribution in [3.8, 4) is 11.5 Å². The minimum atomic E-state index is -5.00. The lowest BCUT2D eigenvalue weighted by atomic mass is 9.72. The van der Waals surface area contributed by atoms with Gasteiger partial charge in [-0.05, 0) is 91.8 Å². The Hall–Kier alpha value is -7.66. The fraction of sp³-hybridized carbons (Fsp3) is 0.581. The number of amides is 9. The number of nitrogens with two attached hydrogens (primary N) is 1. The van der Waals surface area contributed by atoms with Crippen LogP contribution in [0.2, 0.25) is 0 Å². The predicted octanol–water partition coefficient (Wildman–Crippen LogP) is 7.75. The number of alkyl halides is 3. The first-order valence-corrected chi connectivity index (χ1v) is 40.5. The first-order valence-electron chi connectivity index (χ1n) is 36.8. The molecule has 2 aliphatic heterocycles. The highest BCUT2D eigenvalue weighted by Crippen LogP contribution is 3.01. The lowest BCUT2D eigenvalue weighted by Crippen LogP contribution is -2.49. The molecule has 1 spiro atoms. The van der Waals surface area contributed by atoms with E-state index in [2.05, 4.69) is 47.2 Å². The van der Waals surface area contributed by atoms with Crippen molar-refractivity contribution < 1.29 is 99.9 Å². The van der Waals surface area contributed by atoms with Crippen molar-refractivity contribution in [2.45, 2.75) is 97.1 Å². The number of nitrogens with one attached hydrogen (secondary N) is 6. The van der Waals surface area contributed by atoms with Gasteiger partial charge in [0.2, 0.25) is 29.5 Å². The van der Waals surface area contributed by atoms with Gasteiger partial charge in [-0.15, -0.1) is 23.2 Å². The highest BCUT2D eigenvalue weighted by Gasteiger charge is 3.01. The van der Waals surface area contributed by atoms with Crippen LogP contribution < -0.4 is 46.1 Å². The number of halogens is 3. The Balaban J connectivity index is 0.646. The number of H-pyrrole nitrogens is 2. The summed E-state index contributed by atoms with van der Waals surface area (Å²) >= 11 is 16.4. The van der Waals surface area contributed by atoms with Crippen LogP contribution in [0.15, 0.2) is 48.8 Å². The maximum Gasteiger partial charge on any atom is 0.524 e. The number of rotatable bonds is 45. The van der Waals surface area contributed by atoms with Gasteiger partial charge in [0.15, 0.2) is 17.3 Å². The average Bonchev–Trinajstić information content (AvgIpc) is 1.39. The second kappa shape index (κ2) is 37.8. The van der Waals surface area contributed by atoms with Crippen molar-refractivity contribution >= 4 is 139 Å². The molecule has 110 heavy (non-hydrogen) atoms. The van der Waals surface area contributed by atoms with Gasteiger partial charge >= 0.3 is 26.0 Å². The normalized spacial score (nSPS) is 19.7. The first kappa shape index (κ1) is 84.8. The van der Waals surface area contributed by atoms with E-state index in [0.29, 0.717) is 131 Å². The fourth-order valence-corrected chi connectivity index (χ4v) is 16.6. The van der Waals surface area contributed by atoms with Crippen LogP contribution in [0.3, 0.4) is 0 Å². The van der Waals surface area contributed by atoms with Crippen LogP contribution >= 0.6 is 47.0 Å². The SMILES string of the molecule is Cc1c[nH]c2c(OC(=O)N(C)CCN(C)C(=O)OCc3ccc(NC(=O)C(CCCNC(N)=O)CC(=O)C(NC(=O)CCOCCOCCOCCOCCOCCOCCNC(=O)CBr)C(C)C)cc3)cc3c(c12)C(CCl)CN3C(=O)C12CC3(C(=O)N4CC(CCl)c5c4cc(OP(=O)(O)O)c4[nH]cc(C)c54)CC13C2. The number of likely N-dealkylation sites (N-methyl/N-ethyl adjacent to an activating group) is 2. The summed E-state index contributed by atoms with van der Waals surface area (Å²) in [5, 5.41) is 12.6. The summed E-state index contributed by atoms with van der Waals surface area (Å²) in [6.07, 6.45) is 3.66. The number of phosphoric ester groups is 1. The minimum Gasteiger partial charge on any atom is -0.445 e. The number of benzene rings is 3. The van der Waals surface area contributed by atoms with Crippen LogP contribution in [0.25, 0.3) is 21.8 Å². The highest BCUT2D eigenvalue weighted by molar-refractivity contribution is 9.09. The zero-order valence-corrected chi connectivity index (χ0v) is 66.6. The summed E-state index contributed by atoms with van der Waals surface area (Å²) in [5.74, 6) is -2.91. The summed E-state index contributed by atoms with van der Waals surface area (Å²) in [4.78, 5) is 153. The first-order chi connectivity index (χ1) is 52.6. The number of carbonyl (C=O) groups excluding carboxylic acids is 9. The molecule has 3 fully saturated rings. The maximum absolute atomic E-state index is 15.2. The number of aromatic amines is 2. The third-order valence-corrected chi connectivity index (χ3v) is 22.8. The molecule has 7 unspecified atom stereocenters. The van der Waals surface area contributed by atoms with E-state index in [1.54, 1.807) is 66.4 Å². The van der Waals surface area contributed by atoms with Crippen molar-refractivity contribution in [3.05, 3.63) is 76.6 Å². The topological polar surface area (TPSA) is 413 Å². The van der Waals surface area contributed by atoms with E-state index in [1.165, 1.54) is 30.0 Å². The van der Waals surface area contributed by atoms with Gasteiger partial charge in [0.05, 0.1) is 124 Å². The molecule has 7 atom stereocenters. The summed E-state index contributed by atoms with van der Waals surface area (Å²) < 4.78 is 62.0. The predicted molar refractivity (Wildman–Crippen MR) is 411 cm³/mol. The zero-order valence-electron chi connectivity index (χ0n) is 62.6. The Bertz CT molecular complexity index is 4220. The van der Waals surface area contributed by atoms with Crippen molar-refractivity contribution in [2.75, 3.05) is 165 Å². The molecule has 2 aromatic heterocycles. The number of urea groups is 1. The van der Waals surface area contributed by atoms with Gasteiger partial charge in [-0.3, -0.25) is 38.6 Å². The summed E-state index contributed by atoms with van der Waals surface area (Å²) in [6, 6.07) is 8.09. The van der Waals surface area contributed by atoms with E-state index >= 15 is 4.79 Å². The number of ether oxygens (including phenoxy) is 8. The Kier molecular flexibility index (Phi) is 29.1. The lowest BCUT2D eigenvalue weighted by Gasteiger charge is -2.37. The van der Waals surface area contributed by atoms with Crippen molar-refractivity contribution in [1.82, 2.24) is 35.7 Å². The number of carbonyl (C=O) groups is 9. The molecule has 9 amide bonds. The number of ketones is 1. The number of nitrogens with zero attached hydrogens (tertiary/aromatic N) is 4. The molecule has 0 radical (unpaired) electrons. The largest absolute Gasteiger partial charge is 0.524 e. The van der Waals surface area contributed by atoms with Gasteiger partial charge in [0.1, 0.15) is 6.61 Å². The molecule has 3 aliphatic carbocycles. The van der Waals surface area contributed by atoms with Gasteiger partial charge in [-0.2, -0.15) is 0 Å². The number of phosphoric acid groups is 1. The van der Waals surface area contributed by atoms with Gasteiger partial charge < -0.3 is 99.0 Å². The number of aryl methyl sites for hydroxylation is 2. The van der Waals surface area contributed by atoms with Crippen LogP contribution in [-0.4, -0.2) is 239 Å². The van der Waals surface area contributed by atoms with Crippen molar-refractivity contribution in [3.63, 3.8) is 0 Å². The molecular formula is C74H99BrCl2N11O21P. The number of primary amides is 1. The Morgan fingerprint density at radius 3 is 1.67 bits per heavy atom. The van der Waals surface area contributed by atoms with Crippen LogP contribution in [-0.2, 0) is 73.1 Å². The second-order valence-electron chi connectivity index (χ2n) is 28.9. The molecule has 5 aliphatic rings. The highest BCUT2D eigenvalue weighted by atomic mass is 79.9. The lowest BCUT2D eigenvalue weighted by molar-refractivity contribution is -0.134. The van der Waals surface area contributed by atoms with Crippen LogP contribution in [0, 0.1) is 41.9 Å². The Morgan fingerprint density at radius 1 is 0.682 bits per heavy atom. The van der Waals surface area contributed by atoms with Crippen molar-refractivity contribution in [2.24, 2.45) is 33.8 Å². The van der Waals surface area contributed by atoms with E-state index in [4.69, 9.17) is 71.4 Å². The monoisotopic (exact) mass is 1660 g/mol. The van der Waals surface area contributed by atoms with E-state index < -0.39 is 66.1 Å². The number of Topliss-reactive ketones (excluding diaryl/α,β-unsaturated/α-hetero) is 1. The molecule has 3 saturated carbocycles. The molecule has 32 nitrogen and oxygen atoms in total. The number of hydrogen-bond acceptors (Lipinski definition) is 19. The third kappa shape index (κ3) is 19.7. The molecule has 0 saturated heterocycles. The van der Waals surface area contributed by atoms with Gasteiger partial charge in [-0.25, -0.2) is 18.9 Å². The standard InChI is InChI=1S/C74H99BrCl2N11O21P/c1-44(2)63(84-57(90)13-18-101-20-22-103-24-26-105-28-29-106-27-25-104-23-21-102-19-15-79-58(91)33-75)54(89)30-48(8-7-14-80-69(78)95)66(92)83-51-11-9-47(10-12-51)40-107-70(96)85(5)16-17-86(6)71(97)108-55-31-52-61(59-45(3)36-81-64(55)59)49(34-76)38-87(52)67(93)72-41-73(43-74(72,73)42-72)68(94)88-39-50(35-77)62-53(88)32-56(109-110(98,99)100)65-60(62)46(4)37-82-65/h9-12,31-32,36-37,44,48-50,63,81-82H,7-8,13-30,33-35,38-43H2,1-6H3,(H,79,91)(H,83,92)(H,84,90)(H3,78,80,95)(H2,98,99,100). The fourth-order valence-electron chi connectivity index (χ4n) is 15.5. The molecule has 10 N–H and O–H groups in total. The Morgan fingerprint density at radius 2 is 1.18 bits per heavy atom. The van der Waals surface area contributed by atoms with E-state index in [0.717, 1.165) is 27.6 Å². The summed E-state index contributed by atoms with van der Waals surface area (Å²) in [6.45, 7) is 12.5. The van der Waals surface area contributed by atoms with Gasteiger partial charge in [-0.1, -0.05) is 41.9 Å². The summed E-state index contributed by atoms with van der Waals surface area (Å²) in [5.41, 5.74) is 9.24. The number of aromatic nitrogens is 2. The third-order valence-electron chi connectivity index (χ3n) is 21.1. The van der Waals surface area contributed by atoms with Crippen LogP contribution in [0.5, 0.6) is 11.5 Å². The number of hydrogen-bond donors (Lipinski definition) is 9. The smallest absolute Gasteiger partial charge is 0.445 e. The number of anilines is 3. The molecule has 10 rings (SSSR count). The second-order valence-corrected chi connectivity index (χ2v) is 31.2. The van der Waals surface area contributed by atoms with E-state index in [-0.39, 0.29) is 148 Å².